The molecular weight excluding hydrogens is 382 g/mol. The predicted molar refractivity (Wildman–Crippen MR) is 111 cm³/mol. The summed E-state index contributed by atoms with van der Waals surface area (Å²) in [6, 6.07) is 3.69. The first-order chi connectivity index (χ1) is 14.6. The molecule has 1 amide bonds. The van der Waals surface area contributed by atoms with Gasteiger partial charge < -0.3 is 15.7 Å². The normalized spacial score (nSPS) is 20.9. The molecule has 0 radical (unpaired) electrons. The highest BCUT2D eigenvalue weighted by Crippen LogP contribution is 2.37. The van der Waals surface area contributed by atoms with E-state index in [1.54, 1.807) is 12.4 Å². The zero-order valence-electron chi connectivity index (χ0n) is 16.9. The number of amides is 1. The van der Waals surface area contributed by atoms with Gasteiger partial charge in [0, 0.05) is 36.1 Å². The maximum absolute atomic E-state index is 12.6. The molecule has 30 heavy (non-hydrogen) atoms. The molecule has 3 heterocycles. The number of nitrogens with zero attached hydrogens (tertiary/aromatic N) is 3. The number of anilines is 1. The van der Waals surface area contributed by atoms with Gasteiger partial charge in [0.2, 0.25) is 5.91 Å². The third kappa shape index (κ3) is 4.93. The summed E-state index contributed by atoms with van der Waals surface area (Å²) in [7, 11) is 0. The van der Waals surface area contributed by atoms with Gasteiger partial charge in [-0.15, -0.1) is 0 Å². The van der Waals surface area contributed by atoms with Crippen LogP contribution in [0.3, 0.4) is 0 Å². The van der Waals surface area contributed by atoms with Crippen LogP contribution in [0.4, 0.5) is 5.82 Å². The first kappa shape index (κ1) is 20.3. The highest BCUT2D eigenvalue weighted by molar-refractivity contribution is 5.80. The van der Waals surface area contributed by atoms with Crippen LogP contribution < -0.4 is 10.6 Å². The van der Waals surface area contributed by atoms with Crippen LogP contribution >= 0.6 is 0 Å². The Morgan fingerprint density at radius 3 is 2.80 bits per heavy atom. The van der Waals surface area contributed by atoms with Gasteiger partial charge in [0.15, 0.2) is 0 Å². The van der Waals surface area contributed by atoms with Crippen LogP contribution in [-0.4, -0.2) is 38.5 Å². The molecule has 2 aliphatic rings. The van der Waals surface area contributed by atoms with Crippen LogP contribution in [0.1, 0.15) is 55.0 Å². The summed E-state index contributed by atoms with van der Waals surface area (Å²) in [5, 5.41) is 15.4. The number of aryl methyl sites for hydroxylation is 2. The summed E-state index contributed by atoms with van der Waals surface area (Å²) in [6.07, 6.45) is 10.1. The number of hydrogen-bond donors (Lipinski definition) is 3. The van der Waals surface area contributed by atoms with Gasteiger partial charge >= 0.3 is 5.97 Å². The van der Waals surface area contributed by atoms with E-state index in [9.17, 15) is 9.59 Å². The number of pyridine rings is 1. The Balaban J connectivity index is 1.25. The second-order valence-corrected chi connectivity index (χ2v) is 8.24. The number of hydrogen-bond acceptors (Lipinski definition) is 6. The summed E-state index contributed by atoms with van der Waals surface area (Å²) in [4.78, 5) is 36.4. The second kappa shape index (κ2) is 9.19. The van der Waals surface area contributed by atoms with E-state index in [1.807, 2.05) is 0 Å². The summed E-state index contributed by atoms with van der Waals surface area (Å²) < 4.78 is 0. The standard InChI is InChI=1S/C22H27N5O3/c28-20(29)10-19(17-11-23-13-24-12-17)27-22(30)16-8-14(9-16)3-5-18-6-4-15-2-1-7-25-21(15)26-18/h4,6,11-14,16,19H,1-3,5,7-10H2,(H,25,26)(H,27,30)(H,28,29)/t14?,16?,19-/m0/s1. The van der Waals surface area contributed by atoms with Crippen LogP contribution in [0, 0.1) is 11.8 Å². The monoisotopic (exact) mass is 409 g/mol. The lowest BCUT2D eigenvalue weighted by Crippen LogP contribution is -2.41. The number of carboxylic acid groups (broad SMARTS) is 1. The molecule has 3 N–H and O–H groups in total. The molecule has 2 aromatic rings. The van der Waals surface area contributed by atoms with Gasteiger partial charge in [0.05, 0.1) is 12.5 Å². The van der Waals surface area contributed by atoms with Gasteiger partial charge in [0.1, 0.15) is 12.1 Å². The number of carboxylic acids is 1. The zero-order valence-corrected chi connectivity index (χ0v) is 16.9. The average Bonchev–Trinajstić information content (AvgIpc) is 2.72. The molecular formula is C22H27N5O3. The van der Waals surface area contributed by atoms with Crippen LogP contribution in [0.2, 0.25) is 0 Å². The lowest BCUT2D eigenvalue weighted by atomic mass is 9.72. The highest BCUT2D eigenvalue weighted by Gasteiger charge is 2.35. The van der Waals surface area contributed by atoms with Gasteiger partial charge in [-0.25, -0.2) is 15.0 Å². The fourth-order valence-electron chi connectivity index (χ4n) is 4.25. The molecule has 0 aromatic carbocycles. The van der Waals surface area contributed by atoms with E-state index in [4.69, 9.17) is 10.1 Å². The molecule has 0 spiro atoms. The lowest BCUT2D eigenvalue weighted by molar-refractivity contribution is -0.138. The van der Waals surface area contributed by atoms with Gasteiger partial charge in [-0.2, -0.15) is 0 Å². The molecule has 1 fully saturated rings. The minimum absolute atomic E-state index is 0.0610. The Hall–Kier alpha value is -3.03. The van der Waals surface area contributed by atoms with E-state index < -0.39 is 12.0 Å². The summed E-state index contributed by atoms with van der Waals surface area (Å²) >= 11 is 0. The molecule has 0 saturated heterocycles. The number of rotatable bonds is 8. The van der Waals surface area contributed by atoms with Gasteiger partial charge in [-0.3, -0.25) is 9.59 Å². The van der Waals surface area contributed by atoms with Crippen molar-refractivity contribution in [3.63, 3.8) is 0 Å². The van der Waals surface area contributed by atoms with Crippen LogP contribution in [0.5, 0.6) is 0 Å². The summed E-state index contributed by atoms with van der Waals surface area (Å²) in [5.74, 6) is 0.415. The number of nitrogens with one attached hydrogen (secondary N) is 2. The maximum Gasteiger partial charge on any atom is 0.305 e. The van der Waals surface area contributed by atoms with Crippen molar-refractivity contribution >= 4 is 17.7 Å². The predicted octanol–water partition coefficient (Wildman–Crippen LogP) is 2.52. The van der Waals surface area contributed by atoms with Crippen LogP contribution in [0.15, 0.2) is 30.9 Å². The molecule has 1 atom stereocenters. The molecule has 8 nitrogen and oxygen atoms in total. The van der Waals surface area contributed by atoms with Crippen molar-refractivity contribution in [2.45, 2.75) is 51.0 Å². The largest absolute Gasteiger partial charge is 0.481 e. The molecule has 1 aliphatic heterocycles. The van der Waals surface area contributed by atoms with Gasteiger partial charge in [-0.1, -0.05) is 6.07 Å². The molecule has 2 aromatic heterocycles. The van der Waals surface area contributed by atoms with E-state index in [0.29, 0.717) is 11.5 Å². The smallest absolute Gasteiger partial charge is 0.305 e. The Labute approximate surface area is 175 Å². The van der Waals surface area contributed by atoms with Gasteiger partial charge in [0.25, 0.3) is 0 Å². The number of carbonyl (C=O) groups is 2. The fraction of sp³-hybridized carbons (Fsp3) is 0.500. The first-order valence-corrected chi connectivity index (χ1v) is 10.6. The second-order valence-electron chi connectivity index (χ2n) is 8.24. The zero-order chi connectivity index (χ0) is 20.9. The Bertz CT molecular complexity index is 899. The van der Waals surface area contributed by atoms with Crippen molar-refractivity contribution in [3.8, 4) is 0 Å². The first-order valence-electron chi connectivity index (χ1n) is 10.6. The molecule has 1 aliphatic carbocycles. The Morgan fingerprint density at radius 1 is 1.23 bits per heavy atom. The Morgan fingerprint density at radius 2 is 2.03 bits per heavy atom. The summed E-state index contributed by atoms with van der Waals surface area (Å²) in [6.45, 7) is 0.987. The van der Waals surface area contributed by atoms with E-state index >= 15 is 0 Å². The van der Waals surface area contributed by atoms with Gasteiger partial charge in [-0.05, 0) is 56.1 Å². The molecule has 0 unspecified atom stereocenters. The highest BCUT2D eigenvalue weighted by atomic mass is 16.4. The molecule has 0 bridgehead atoms. The van der Waals surface area contributed by atoms with Crippen molar-refractivity contribution in [1.82, 2.24) is 20.3 Å². The quantitative estimate of drug-likeness (QED) is 0.613. The number of carbonyl (C=O) groups excluding carboxylic acids is 1. The molecule has 1 saturated carbocycles. The Kier molecular flexibility index (Phi) is 6.21. The molecule has 8 heteroatoms. The maximum atomic E-state index is 12.6. The number of aliphatic carboxylic acids is 1. The van der Waals surface area contributed by atoms with Crippen molar-refractivity contribution in [1.29, 1.82) is 0 Å². The molecule has 158 valence electrons. The van der Waals surface area contributed by atoms with Crippen molar-refractivity contribution in [3.05, 3.63) is 47.7 Å². The SMILES string of the molecule is O=C(O)C[C@H](NC(=O)C1CC(CCc2ccc3c(n2)NCCC3)C1)c1cncnc1. The third-order valence-electron chi connectivity index (χ3n) is 6.05. The lowest BCUT2D eigenvalue weighted by Gasteiger charge is -2.35. The van der Waals surface area contributed by atoms with E-state index in [1.165, 1.54) is 11.9 Å². The summed E-state index contributed by atoms with van der Waals surface area (Å²) in [5.41, 5.74) is 3.00. The minimum atomic E-state index is -0.970. The topological polar surface area (TPSA) is 117 Å². The minimum Gasteiger partial charge on any atom is -0.481 e. The van der Waals surface area contributed by atoms with Crippen LogP contribution in [-0.2, 0) is 22.4 Å². The van der Waals surface area contributed by atoms with Crippen molar-refractivity contribution in [2.24, 2.45) is 11.8 Å². The van der Waals surface area contributed by atoms with E-state index in [0.717, 1.165) is 56.6 Å². The number of fused-ring (bicyclic) bond motifs is 1. The van der Waals surface area contributed by atoms with Crippen LogP contribution in [0.25, 0.3) is 0 Å². The van der Waals surface area contributed by atoms with E-state index in [2.05, 4.69) is 32.7 Å². The average molecular weight is 409 g/mol. The third-order valence-corrected chi connectivity index (χ3v) is 6.05. The number of aromatic nitrogens is 3. The fourth-order valence-corrected chi connectivity index (χ4v) is 4.25. The van der Waals surface area contributed by atoms with Crippen molar-refractivity contribution in [2.75, 3.05) is 11.9 Å². The van der Waals surface area contributed by atoms with Crippen molar-refractivity contribution < 1.29 is 14.7 Å². The molecule has 4 rings (SSSR count). The van der Waals surface area contributed by atoms with E-state index in [-0.39, 0.29) is 18.2 Å².